The average molecular weight is 387 g/mol. The third kappa shape index (κ3) is 3.39. The third-order valence-electron chi connectivity index (χ3n) is 5.88. The highest BCUT2D eigenvalue weighted by Crippen LogP contribution is 2.28. The van der Waals surface area contributed by atoms with Crippen molar-refractivity contribution >= 4 is 17.4 Å². The number of rotatable bonds is 4. The van der Waals surface area contributed by atoms with Crippen molar-refractivity contribution in [3.8, 4) is 5.69 Å². The van der Waals surface area contributed by atoms with Crippen molar-refractivity contribution in [3.63, 3.8) is 0 Å². The third-order valence-corrected chi connectivity index (χ3v) is 5.88. The van der Waals surface area contributed by atoms with Crippen molar-refractivity contribution in [2.75, 3.05) is 23.3 Å². The lowest BCUT2D eigenvalue weighted by molar-refractivity contribution is 0.102. The summed E-state index contributed by atoms with van der Waals surface area (Å²) in [5.41, 5.74) is 6.06. The Hall–Kier alpha value is -3.15. The van der Waals surface area contributed by atoms with Gasteiger partial charge < -0.3 is 10.2 Å². The second-order valence-electron chi connectivity index (χ2n) is 7.92. The fourth-order valence-electron chi connectivity index (χ4n) is 4.32. The van der Waals surface area contributed by atoms with E-state index in [-0.39, 0.29) is 5.91 Å². The Morgan fingerprint density at radius 1 is 0.966 bits per heavy atom. The van der Waals surface area contributed by atoms with Crippen LogP contribution in [0.15, 0.2) is 42.6 Å². The molecule has 29 heavy (non-hydrogen) atoms. The zero-order valence-electron chi connectivity index (χ0n) is 16.7. The number of aryl methyl sites for hydroxylation is 1. The van der Waals surface area contributed by atoms with Gasteiger partial charge in [-0.05, 0) is 63.3 Å². The van der Waals surface area contributed by atoms with Crippen LogP contribution in [0.4, 0.5) is 11.5 Å². The quantitative estimate of drug-likeness (QED) is 0.737. The Kier molecular flexibility index (Phi) is 4.54. The van der Waals surface area contributed by atoms with E-state index in [0.29, 0.717) is 11.5 Å². The molecule has 2 aliphatic rings. The zero-order chi connectivity index (χ0) is 19.8. The molecule has 0 unspecified atom stereocenters. The number of fused-ring (bicyclic) bond motifs is 1. The highest BCUT2D eigenvalue weighted by Gasteiger charge is 2.27. The number of pyridine rings is 1. The van der Waals surface area contributed by atoms with Crippen LogP contribution >= 0.6 is 0 Å². The first-order chi connectivity index (χ1) is 14.2. The van der Waals surface area contributed by atoms with Gasteiger partial charge in [0.05, 0.1) is 17.6 Å². The molecule has 6 nitrogen and oxygen atoms in total. The molecule has 1 amide bonds. The number of benzene rings is 1. The Balaban J connectivity index is 1.38. The standard InChI is InChI=1S/C23H25N5O/c1-16-7-9-17(10-8-16)28-20-6-4-5-19(20)22(26-28)23(29)25-21-12-11-18(15-24-21)27-13-2-3-14-27/h7-12,15H,2-6,13-14H2,1H3,(H,24,25,29). The summed E-state index contributed by atoms with van der Waals surface area (Å²) < 4.78 is 1.93. The Morgan fingerprint density at radius 2 is 1.72 bits per heavy atom. The van der Waals surface area contributed by atoms with Gasteiger partial charge in [-0.3, -0.25) is 4.79 Å². The normalized spacial score (nSPS) is 15.6. The topological polar surface area (TPSA) is 63.1 Å². The molecule has 1 aromatic carbocycles. The van der Waals surface area contributed by atoms with Crippen LogP contribution in [0.3, 0.4) is 0 Å². The van der Waals surface area contributed by atoms with Gasteiger partial charge >= 0.3 is 0 Å². The molecule has 0 atom stereocenters. The first-order valence-corrected chi connectivity index (χ1v) is 10.4. The molecule has 148 valence electrons. The van der Waals surface area contributed by atoms with E-state index in [0.717, 1.165) is 55.0 Å². The summed E-state index contributed by atoms with van der Waals surface area (Å²) in [6.07, 6.45) is 7.20. The Bertz CT molecular complexity index is 1030. The lowest BCUT2D eigenvalue weighted by Gasteiger charge is -2.17. The SMILES string of the molecule is Cc1ccc(-n2nc(C(=O)Nc3ccc(N4CCCC4)cn3)c3c2CCC3)cc1. The van der Waals surface area contributed by atoms with E-state index in [4.69, 9.17) is 0 Å². The molecule has 3 heterocycles. The molecule has 5 rings (SSSR count). The fourth-order valence-corrected chi connectivity index (χ4v) is 4.32. The van der Waals surface area contributed by atoms with Gasteiger partial charge in [0, 0.05) is 24.3 Å². The molecule has 0 spiro atoms. The molecule has 1 aliphatic heterocycles. The van der Waals surface area contributed by atoms with Gasteiger partial charge in [0.1, 0.15) is 5.82 Å². The lowest BCUT2D eigenvalue weighted by atomic mass is 10.2. The van der Waals surface area contributed by atoms with Gasteiger partial charge in [-0.15, -0.1) is 0 Å². The Morgan fingerprint density at radius 3 is 2.45 bits per heavy atom. The van der Waals surface area contributed by atoms with Crippen LogP contribution in [0.1, 0.15) is 46.6 Å². The summed E-state index contributed by atoms with van der Waals surface area (Å²) >= 11 is 0. The number of nitrogens with one attached hydrogen (secondary N) is 1. The molecule has 1 saturated heterocycles. The largest absolute Gasteiger partial charge is 0.370 e. The van der Waals surface area contributed by atoms with Crippen molar-refractivity contribution < 1.29 is 4.79 Å². The van der Waals surface area contributed by atoms with Crippen molar-refractivity contribution in [1.82, 2.24) is 14.8 Å². The monoisotopic (exact) mass is 387 g/mol. The van der Waals surface area contributed by atoms with Gasteiger partial charge in [0.2, 0.25) is 0 Å². The first kappa shape index (κ1) is 17.9. The minimum atomic E-state index is -0.185. The van der Waals surface area contributed by atoms with Crippen molar-refractivity contribution in [2.45, 2.75) is 39.0 Å². The van der Waals surface area contributed by atoms with E-state index in [1.54, 1.807) is 0 Å². The van der Waals surface area contributed by atoms with Crippen LogP contribution in [0.25, 0.3) is 5.69 Å². The van der Waals surface area contributed by atoms with Crippen molar-refractivity contribution in [1.29, 1.82) is 0 Å². The van der Waals surface area contributed by atoms with Crippen LogP contribution < -0.4 is 10.2 Å². The summed E-state index contributed by atoms with van der Waals surface area (Å²) in [4.78, 5) is 19.8. The first-order valence-electron chi connectivity index (χ1n) is 10.4. The highest BCUT2D eigenvalue weighted by atomic mass is 16.2. The smallest absolute Gasteiger partial charge is 0.277 e. The summed E-state index contributed by atoms with van der Waals surface area (Å²) in [6.45, 7) is 4.23. The molecule has 1 fully saturated rings. The summed E-state index contributed by atoms with van der Waals surface area (Å²) in [7, 11) is 0. The van der Waals surface area contributed by atoms with Gasteiger partial charge in [0.25, 0.3) is 5.91 Å². The summed E-state index contributed by atoms with van der Waals surface area (Å²) in [6, 6.07) is 12.2. The number of hydrogen-bond donors (Lipinski definition) is 1. The van der Waals surface area contributed by atoms with Gasteiger partial charge in [0.15, 0.2) is 5.69 Å². The van der Waals surface area contributed by atoms with E-state index in [2.05, 4.69) is 51.5 Å². The molecule has 1 aliphatic carbocycles. The number of hydrogen-bond acceptors (Lipinski definition) is 4. The molecule has 2 aromatic heterocycles. The number of aromatic nitrogens is 3. The highest BCUT2D eigenvalue weighted by molar-refractivity contribution is 6.03. The van der Waals surface area contributed by atoms with E-state index in [1.807, 2.05) is 23.0 Å². The van der Waals surface area contributed by atoms with E-state index >= 15 is 0 Å². The van der Waals surface area contributed by atoms with Gasteiger partial charge in [-0.1, -0.05) is 17.7 Å². The van der Waals surface area contributed by atoms with Crippen LogP contribution in [-0.4, -0.2) is 33.8 Å². The maximum atomic E-state index is 13.0. The lowest BCUT2D eigenvalue weighted by Crippen LogP contribution is -2.18. The number of carbonyl (C=O) groups is 1. The van der Waals surface area contributed by atoms with Crippen molar-refractivity contribution in [3.05, 3.63) is 65.1 Å². The van der Waals surface area contributed by atoms with Crippen LogP contribution in [0.5, 0.6) is 0 Å². The van der Waals surface area contributed by atoms with Crippen LogP contribution in [0.2, 0.25) is 0 Å². The molecule has 6 heteroatoms. The number of carbonyl (C=O) groups excluding carboxylic acids is 1. The van der Waals surface area contributed by atoms with Gasteiger partial charge in [-0.25, -0.2) is 9.67 Å². The number of nitrogens with zero attached hydrogens (tertiary/aromatic N) is 4. The molecule has 0 radical (unpaired) electrons. The average Bonchev–Trinajstić information content (AvgIpc) is 3.47. The number of anilines is 2. The minimum Gasteiger partial charge on any atom is -0.370 e. The summed E-state index contributed by atoms with van der Waals surface area (Å²) in [5, 5.41) is 7.61. The molecular weight excluding hydrogens is 362 g/mol. The van der Waals surface area contributed by atoms with Crippen molar-refractivity contribution in [2.24, 2.45) is 0 Å². The maximum absolute atomic E-state index is 13.0. The second-order valence-corrected chi connectivity index (χ2v) is 7.92. The van der Waals surface area contributed by atoms with Crippen LogP contribution in [0, 0.1) is 6.92 Å². The van der Waals surface area contributed by atoms with E-state index < -0.39 is 0 Å². The van der Waals surface area contributed by atoms with Gasteiger partial charge in [-0.2, -0.15) is 5.10 Å². The summed E-state index contributed by atoms with van der Waals surface area (Å²) in [5.74, 6) is 0.380. The zero-order valence-corrected chi connectivity index (χ0v) is 16.7. The minimum absolute atomic E-state index is 0.185. The number of amides is 1. The Labute approximate surface area is 170 Å². The molecular formula is C23H25N5O. The molecule has 0 bridgehead atoms. The second kappa shape index (κ2) is 7.35. The maximum Gasteiger partial charge on any atom is 0.277 e. The molecule has 1 N–H and O–H groups in total. The van der Waals surface area contributed by atoms with E-state index in [9.17, 15) is 4.79 Å². The predicted octanol–water partition coefficient (Wildman–Crippen LogP) is 3.92. The van der Waals surface area contributed by atoms with Crippen LogP contribution in [-0.2, 0) is 12.8 Å². The van der Waals surface area contributed by atoms with E-state index in [1.165, 1.54) is 18.4 Å². The molecule has 0 saturated carbocycles. The molecule has 3 aromatic rings. The predicted molar refractivity (Wildman–Crippen MR) is 114 cm³/mol. The fraction of sp³-hybridized carbons (Fsp3) is 0.348.